The molecule has 0 aliphatic carbocycles. The van der Waals surface area contributed by atoms with Crippen LogP contribution in [0.15, 0.2) is 42.6 Å². The fraction of sp³-hybridized carbons (Fsp3) is 0.214. The molecule has 2 nitrogen and oxygen atoms in total. The monoisotopic (exact) mass is 284 g/mol. The predicted octanol–water partition coefficient (Wildman–Crippen LogP) is 4.41. The number of halogens is 4. The average molecular weight is 284 g/mol. The van der Waals surface area contributed by atoms with Gasteiger partial charge >= 0.3 is 6.18 Å². The molecule has 1 aromatic heterocycles. The van der Waals surface area contributed by atoms with Gasteiger partial charge in [-0.25, -0.2) is 4.39 Å². The maximum Gasteiger partial charge on any atom is 0.418 e. The number of anilines is 1. The lowest BCUT2D eigenvalue weighted by Gasteiger charge is -2.19. The minimum atomic E-state index is -4.43. The van der Waals surface area contributed by atoms with Crippen molar-refractivity contribution in [2.24, 2.45) is 0 Å². The van der Waals surface area contributed by atoms with Crippen molar-refractivity contribution in [1.29, 1.82) is 0 Å². The Balaban J connectivity index is 2.24. The summed E-state index contributed by atoms with van der Waals surface area (Å²) in [4.78, 5) is 3.85. The number of alkyl halides is 3. The van der Waals surface area contributed by atoms with Gasteiger partial charge in [-0.05, 0) is 31.2 Å². The molecule has 0 amide bonds. The van der Waals surface area contributed by atoms with Crippen molar-refractivity contribution in [3.8, 4) is 0 Å². The highest BCUT2D eigenvalue weighted by Gasteiger charge is 2.33. The van der Waals surface area contributed by atoms with Crippen LogP contribution in [-0.4, -0.2) is 4.98 Å². The van der Waals surface area contributed by atoms with Crippen molar-refractivity contribution < 1.29 is 17.6 Å². The summed E-state index contributed by atoms with van der Waals surface area (Å²) < 4.78 is 51.3. The van der Waals surface area contributed by atoms with Crippen molar-refractivity contribution in [3.05, 3.63) is 59.7 Å². The molecule has 0 bridgehead atoms. The Morgan fingerprint density at radius 3 is 2.40 bits per heavy atom. The van der Waals surface area contributed by atoms with E-state index in [9.17, 15) is 17.6 Å². The molecule has 0 fully saturated rings. The van der Waals surface area contributed by atoms with Gasteiger partial charge in [-0.15, -0.1) is 0 Å². The molecule has 1 heterocycles. The number of aromatic nitrogens is 1. The minimum absolute atomic E-state index is 0.0291. The molecule has 1 unspecified atom stereocenters. The van der Waals surface area contributed by atoms with Crippen molar-refractivity contribution in [2.75, 3.05) is 5.32 Å². The van der Waals surface area contributed by atoms with Gasteiger partial charge in [0.05, 0.1) is 23.5 Å². The first-order valence-electron chi connectivity index (χ1n) is 5.92. The first kappa shape index (κ1) is 14.3. The summed E-state index contributed by atoms with van der Waals surface area (Å²) in [5.74, 6) is -0.489. The highest BCUT2D eigenvalue weighted by atomic mass is 19.4. The van der Waals surface area contributed by atoms with Crippen LogP contribution >= 0.6 is 0 Å². The Labute approximate surface area is 113 Å². The average Bonchev–Trinajstić information content (AvgIpc) is 2.38. The Kier molecular flexibility index (Phi) is 3.92. The molecule has 1 aromatic carbocycles. The Morgan fingerprint density at radius 2 is 1.80 bits per heavy atom. The topological polar surface area (TPSA) is 24.9 Å². The standard InChI is InChI=1S/C14H12F4N2/c1-9(12-7-6-10(15)8-19-12)20-13-5-3-2-4-11(13)14(16,17)18/h2-9,20H,1H3. The number of nitrogens with zero attached hydrogens (tertiary/aromatic N) is 1. The summed E-state index contributed by atoms with van der Waals surface area (Å²) in [6.45, 7) is 1.66. The van der Waals surface area contributed by atoms with E-state index in [1.807, 2.05) is 0 Å². The highest BCUT2D eigenvalue weighted by Crippen LogP contribution is 2.35. The van der Waals surface area contributed by atoms with Crippen molar-refractivity contribution in [3.63, 3.8) is 0 Å². The smallest absolute Gasteiger partial charge is 0.376 e. The van der Waals surface area contributed by atoms with E-state index in [0.29, 0.717) is 5.69 Å². The van der Waals surface area contributed by atoms with Crippen LogP contribution in [0, 0.1) is 5.82 Å². The third-order valence-electron chi connectivity index (χ3n) is 2.80. The van der Waals surface area contributed by atoms with Crippen molar-refractivity contribution >= 4 is 5.69 Å². The molecule has 0 radical (unpaired) electrons. The number of para-hydroxylation sites is 1. The third kappa shape index (κ3) is 3.26. The summed E-state index contributed by atoms with van der Waals surface area (Å²) in [7, 11) is 0. The molecule has 106 valence electrons. The number of pyridine rings is 1. The fourth-order valence-electron chi connectivity index (χ4n) is 1.81. The molecule has 0 spiro atoms. The van der Waals surface area contributed by atoms with E-state index >= 15 is 0 Å². The lowest BCUT2D eigenvalue weighted by atomic mass is 10.1. The van der Waals surface area contributed by atoms with Crippen molar-refractivity contribution in [2.45, 2.75) is 19.1 Å². The second kappa shape index (κ2) is 5.48. The summed E-state index contributed by atoms with van der Waals surface area (Å²) in [5, 5.41) is 2.75. The molecule has 2 rings (SSSR count). The van der Waals surface area contributed by atoms with Crippen LogP contribution in [0.25, 0.3) is 0 Å². The molecular weight excluding hydrogens is 272 g/mol. The SMILES string of the molecule is CC(Nc1ccccc1C(F)(F)F)c1ccc(F)cn1. The molecular formula is C14H12F4N2. The molecule has 1 N–H and O–H groups in total. The maximum absolute atomic E-state index is 12.8. The first-order valence-corrected chi connectivity index (χ1v) is 5.92. The molecule has 1 atom stereocenters. The molecule has 0 saturated carbocycles. The van der Waals surface area contributed by atoms with Crippen LogP contribution < -0.4 is 5.32 Å². The van der Waals surface area contributed by atoms with Gasteiger partial charge in [0.1, 0.15) is 5.82 Å². The fourth-order valence-corrected chi connectivity index (χ4v) is 1.81. The zero-order valence-corrected chi connectivity index (χ0v) is 10.6. The number of hydrogen-bond donors (Lipinski definition) is 1. The second-order valence-electron chi connectivity index (χ2n) is 4.31. The maximum atomic E-state index is 12.8. The largest absolute Gasteiger partial charge is 0.418 e. The van der Waals surface area contributed by atoms with E-state index in [2.05, 4.69) is 10.3 Å². The number of nitrogens with one attached hydrogen (secondary N) is 1. The normalized spacial score (nSPS) is 13.1. The van der Waals surface area contributed by atoms with Gasteiger partial charge in [0.25, 0.3) is 0 Å². The van der Waals surface area contributed by atoms with Gasteiger partial charge < -0.3 is 5.32 Å². The summed E-state index contributed by atoms with van der Waals surface area (Å²) in [6.07, 6.45) is -3.40. The van der Waals surface area contributed by atoms with Crippen LogP contribution in [0.5, 0.6) is 0 Å². The quantitative estimate of drug-likeness (QED) is 0.844. The van der Waals surface area contributed by atoms with Gasteiger partial charge in [-0.2, -0.15) is 13.2 Å². The van der Waals surface area contributed by atoms with Gasteiger partial charge in [0.2, 0.25) is 0 Å². The summed E-state index contributed by atoms with van der Waals surface area (Å²) in [5.41, 5.74) is -0.309. The van der Waals surface area contributed by atoms with Crippen LogP contribution in [0.2, 0.25) is 0 Å². The van der Waals surface area contributed by atoms with Crippen LogP contribution in [-0.2, 0) is 6.18 Å². The van der Waals surface area contributed by atoms with E-state index in [1.54, 1.807) is 6.92 Å². The van der Waals surface area contributed by atoms with Gasteiger partial charge in [0.15, 0.2) is 0 Å². The second-order valence-corrected chi connectivity index (χ2v) is 4.31. The van der Waals surface area contributed by atoms with E-state index < -0.39 is 23.6 Å². The lowest BCUT2D eigenvalue weighted by Crippen LogP contribution is -2.14. The Hall–Kier alpha value is -2.11. The Morgan fingerprint density at radius 1 is 1.10 bits per heavy atom. The third-order valence-corrected chi connectivity index (χ3v) is 2.80. The van der Waals surface area contributed by atoms with Gasteiger partial charge in [-0.1, -0.05) is 12.1 Å². The molecule has 20 heavy (non-hydrogen) atoms. The van der Waals surface area contributed by atoms with Crippen molar-refractivity contribution in [1.82, 2.24) is 4.98 Å². The summed E-state index contributed by atoms with van der Waals surface area (Å²) >= 11 is 0. The summed E-state index contributed by atoms with van der Waals surface area (Å²) in [6, 6.07) is 7.38. The number of benzene rings is 1. The molecule has 0 saturated heterocycles. The molecule has 0 aliphatic heterocycles. The highest BCUT2D eigenvalue weighted by molar-refractivity contribution is 5.53. The Bertz CT molecular complexity index is 578. The molecule has 6 heteroatoms. The number of rotatable bonds is 3. The van der Waals surface area contributed by atoms with Crippen LogP contribution in [0.1, 0.15) is 24.2 Å². The van der Waals surface area contributed by atoms with Gasteiger partial charge in [-0.3, -0.25) is 4.98 Å². The first-order chi connectivity index (χ1) is 9.38. The minimum Gasteiger partial charge on any atom is -0.376 e. The van der Waals surface area contributed by atoms with E-state index in [-0.39, 0.29) is 5.69 Å². The number of hydrogen-bond acceptors (Lipinski definition) is 2. The van der Waals surface area contributed by atoms with E-state index in [4.69, 9.17) is 0 Å². The van der Waals surface area contributed by atoms with E-state index in [0.717, 1.165) is 12.3 Å². The zero-order valence-electron chi connectivity index (χ0n) is 10.6. The molecule has 0 aliphatic rings. The molecule has 2 aromatic rings. The van der Waals surface area contributed by atoms with Crippen LogP contribution in [0.4, 0.5) is 23.2 Å². The zero-order chi connectivity index (χ0) is 14.8. The lowest BCUT2D eigenvalue weighted by molar-refractivity contribution is -0.137. The van der Waals surface area contributed by atoms with E-state index in [1.165, 1.54) is 30.3 Å². The van der Waals surface area contributed by atoms with Gasteiger partial charge in [0, 0.05) is 5.69 Å². The predicted molar refractivity (Wildman–Crippen MR) is 67.7 cm³/mol. The van der Waals surface area contributed by atoms with Crippen LogP contribution in [0.3, 0.4) is 0 Å².